The summed E-state index contributed by atoms with van der Waals surface area (Å²) in [6, 6.07) is 12.4. The molecular weight excluding hydrogens is 438 g/mol. The van der Waals surface area contributed by atoms with Gasteiger partial charge in [0, 0.05) is 56.4 Å². The van der Waals surface area contributed by atoms with Crippen molar-refractivity contribution in [3.05, 3.63) is 83.8 Å². The lowest BCUT2D eigenvalue weighted by Crippen LogP contribution is -2.03. The van der Waals surface area contributed by atoms with E-state index in [0.717, 1.165) is 33.5 Å². The zero-order valence-electron chi connectivity index (χ0n) is 16.7. The van der Waals surface area contributed by atoms with Gasteiger partial charge in [-0.2, -0.15) is 0 Å². The summed E-state index contributed by atoms with van der Waals surface area (Å²) in [7, 11) is 0. The maximum atomic E-state index is 4.74. The number of thiophene rings is 2. The first-order chi connectivity index (χ1) is 15.8. The maximum absolute atomic E-state index is 4.74. The molecular formula is C23H17N7S2. The predicted molar refractivity (Wildman–Crippen MR) is 131 cm³/mol. The number of aromatic amines is 3. The molecule has 0 unspecified atom stereocenters. The van der Waals surface area contributed by atoms with Crippen molar-refractivity contribution in [2.45, 2.75) is 0 Å². The molecule has 0 spiro atoms. The quantitative estimate of drug-likeness (QED) is 0.255. The summed E-state index contributed by atoms with van der Waals surface area (Å²) in [4.78, 5) is 25.8. The fourth-order valence-corrected chi connectivity index (χ4v) is 4.97. The van der Waals surface area contributed by atoms with Crippen LogP contribution in [0.3, 0.4) is 0 Å². The molecule has 0 amide bonds. The Morgan fingerprint density at radius 3 is 2.34 bits per heavy atom. The third-order valence-electron chi connectivity index (χ3n) is 5.05. The van der Waals surface area contributed by atoms with Crippen LogP contribution in [0, 0.1) is 0 Å². The molecule has 6 aromatic rings. The Kier molecular flexibility index (Phi) is 4.67. The highest BCUT2D eigenvalue weighted by atomic mass is 32.1. The summed E-state index contributed by atoms with van der Waals surface area (Å²) in [5.74, 6) is 2.30. The monoisotopic (exact) mass is 455 g/mol. The second kappa shape index (κ2) is 7.95. The van der Waals surface area contributed by atoms with Crippen molar-refractivity contribution in [2.24, 2.45) is 4.99 Å². The fourth-order valence-electron chi connectivity index (χ4n) is 3.54. The van der Waals surface area contributed by atoms with Gasteiger partial charge in [0.1, 0.15) is 23.8 Å². The smallest absolute Gasteiger partial charge is 0.165 e. The van der Waals surface area contributed by atoms with Gasteiger partial charge >= 0.3 is 0 Å². The Morgan fingerprint density at radius 1 is 0.812 bits per heavy atom. The number of nitrogens with zero attached hydrogens (tertiary/aromatic N) is 3. The van der Waals surface area contributed by atoms with Gasteiger partial charge < -0.3 is 20.3 Å². The summed E-state index contributed by atoms with van der Waals surface area (Å²) in [6.07, 6.45) is 9.28. The van der Waals surface area contributed by atoms with Crippen molar-refractivity contribution in [1.82, 2.24) is 24.9 Å². The van der Waals surface area contributed by atoms with Crippen molar-refractivity contribution in [3.63, 3.8) is 0 Å². The SMILES string of the molecule is c1csc(-c2c[nH]c(/N=c3\ncnc(Nc4cc(-c5cccs5)c[nH]4)c4c[nH]cc34)c2)c1. The number of fused-ring (bicyclic) bond motifs is 1. The molecule has 6 aromatic heterocycles. The second-order valence-corrected chi connectivity index (χ2v) is 8.99. The van der Waals surface area contributed by atoms with Gasteiger partial charge in [0.2, 0.25) is 0 Å². The lowest BCUT2D eigenvalue weighted by molar-refractivity contribution is 1.12. The highest BCUT2D eigenvalue weighted by molar-refractivity contribution is 7.13. The zero-order chi connectivity index (χ0) is 21.3. The second-order valence-electron chi connectivity index (χ2n) is 7.10. The topological polar surface area (TPSA) is 97.5 Å². The Labute approximate surface area is 190 Å². The predicted octanol–water partition coefficient (Wildman–Crippen LogP) is 6.05. The van der Waals surface area contributed by atoms with E-state index in [1.165, 1.54) is 16.1 Å². The van der Waals surface area contributed by atoms with Crippen LogP contribution in [0.25, 0.3) is 31.7 Å². The number of anilines is 2. The largest absolute Gasteiger partial charge is 0.366 e. The Bertz CT molecular complexity index is 1550. The molecule has 156 valence electrons. The highest BCUT2D eigenvalue weighted by Gasteiger charge is 2.09. The molecule has 0 aliphatic heterocycles. The first-order valence-electron chi connectivity index (χ1n) is 9.92. The molecule has 4 N–H and O–H groups in total. The number of H-pyrrole nitrogens is 3. The standard InChI is InChI=1S/C23H17N7S2/c1-3-18(31-5-1)14-7-20(25-9-14)29-22-16-11-24-12-17(16)23(28-13-27-22)30-21-8-15(10-26-21)19-4-2-6-32-19/h1-13,24-26H,(H,27,28,29,30). The maximum Gasteiger partial charge on any atom is 0.165 e. The van der Waals surface area contributed by atoms with Crippen LogP contribution in [-0.4, -0.2) is 24.9 Å². The van der Waals surface area contributed by atoms with E-state index in [9.17, 15) is 0 Å². The molecule has 0 atom stereocenters. The Hall–Kier alpha value is -3.95. The van der Waals surface area contributed by atoms with Crippen LogP contribution in [-0.2, 0) is 0 Å². The third kappa shape index (κ3) is 3.53. The van der Waals surface area contributed by atoms with Gasteiger partial charge in [0.15, 0.2) is 5.49 Å². The van der Waals surface area contributed by atoms with Gasteiger partial charge in [-0.1, -0.05) is 12.1 Å². The summed E-state index contributed by atoms with van der Waals surface area (Å²) >= 11 is 3.41. The fraction of sp³-hybridized carbons (Fsp3) is 0. The van der Waals surface area contributed by atoms with Crippen molar-refractivity contribution < 1.29 is 0 Å². The molecule has 0 fully saturated rings. The highest BCUT2D eigenvalue weighted by Crippen LogP contribution is 2.29. The first-order valence-corrected chi connectivity index (χ1v) is 11.7. The van der Waals surface area contributed by atoms with Crippen LogP contribution in [0.4, 0.5) is 17.5 Å². The third-order valence-corrected chi connectivity index (χ3v) is 6.89. The van der Waals surface area contributed by atoms with E-state index in [0.29, 0.717) is 11.3 Å². The number of aromatic nitrogens is 5. The van der Waals surface area contributed by atoms with Gasteiger partial charge in [-0.15, -0.1) is 22.7 Å². The van der Waals surface area contributed by atoms with Crippen LogP contribution in [0.5, 0.6) is 0 Å². The van der Waals surface area contributed by atoms with E-state index in [-0.39, 0.29) is 0 Å². The molecule has 0 aliphatic carbocycles. The average molecular weight is 456 g/mol. The average Bonchev–Trinajstić information content (AvgIpc) is 3.60. The lowest BCUT2D eigenvalue weighted by atomic mass is 10.3. The molecule has 7 nitrogen and oxygen atoms in total. The Morgan fingerprint density at radius 2 is 1.56 bits per heavy atom. The molecule has 0 radical (unpaired) electrons. The van der Waals surface area contributed by atoms with Crippen LogP contribution in [0.15, 0.2) is 83.3 Å². The van der Waals surface area contributed by atoms with E-state index in [4.69, 9.17) is 4.99 Å². The van der Waals surface area contributed by atoms with E-state index >= 15 is 0 Å². The first kappa shape index (κ1) is 18.8. The number of rotatable bonds is 5. The van der Waals surface area contributed by atoms with E-state index in [2.05, 4.69) is 59.2 Å². The van der Waals surface area contributed by atoms with Gasteiger partial charge in [-0.05, 0) is 35.0 Å². The van der Waals surface area contributed by atoms with Crippen LogP contribution < -0.4 is 10.8 Å². The minimum absolute atomic E-state index is 0.590. The van der Waals surface area contributed by atoms with E-state index < -0.39 is 0 Å². The normalized spacial score (nSPS) is 11.9. The van der Waals surface area contributed by atoms with Crippen molar-refractivity contribution >= 4 is 50.9 Å². The minimum atomic E-state index is 0.590. The molecule has 32 heavy (non-hydrogen) atoms. The molecule has 0 bridgehead atoms. The number of hydrogen-bond acceptors (Lipinski definition) is 6. The van der Waals surface area contributed by atoms with Crippen molar-refractivity contribution in [2.75, 3.05) is 5.32 Å². The van der Waals surface area contributed by atoms with E-state index in [1.807, 2.05) is 43.0 Å². The summed E-state index contributed by atoms with van der Waals surface area (Å²) < 4.78 is 0. The lowest BCUT2D eigenvalue weighted by Gasteiger charge is -2.01. The van der Waals surface area contributed by atoms with Crippen molar-refractivity contribution in [1.29, 1.82) is 0 Å². The molecule has 6 rings (SSSR count). The van der Waals surface area contributed by atoms with Crippen LogP contribution in [0.1, 0.15) is 0 Å². The molecule has 9 heteroatoms. The van der Waals surface area contributed by atoms with Gasteiger partial charge in [-0.25, -0.2) is 15.0 Å². The van der Waals surface area contributed by atoms with Crippen LogP contribution >= 0.6 is 22.7 Å². The number of nitrogens with one attached hydrogen (secondary N) is 4. The van der Waals surface area contributed by atoms with Crippen LogP contribution in [0.2, 0.25) is 0 Å². The summed E-state index contributed by atoms with van der Waals surface area (Å²) in [5, 5.41) is 9.29. The van der Waals surface area contributed by atoms with Gasteiger partial charge in [-0.3, -0.25) is 0 Å². The minimum Gasteiger partial charge on any atom is -0.366 e. The molecule has 0 aliphatic rings. The van der Waals surface area contributed by atoms with Crippen molar-refractivity contribution in [3.8, 4) is 20.9 Å². The summed E-state index contributed by atoms with van der Waals surface area (Å²) in [5.41, 5.74) is 2.83. The molecule has 0 saturated carbocycles. The molecule has 0 aromatic carbocycles. The Balaban J connectivity index is 1.37. The number of hydrogen-bond donors (Lipinski definition) is 4. The van der Waals surface area contributed by atoms with Gasteiger partial charge in [0.05, 0.1) is 0 Å². The molecule has 0 saturated heterocycles. The zero-order valence-corrected chi connectivity index (χ0v) is 18.3. The molecule has 6 heterocycles. The summed E-state index contributed by atoms with van der Waals surface area (Å²) in [6.45, 7) is 0. The van der Waals surface area contributed by atoms with E-state index in [1.54, 1.807) is 22.7 Å². The van der Waals surface area contributed by atoms with Gasteiger partial charge in [0.25, 0.3) is 0 Å².